The van der Waals surface area contributed by atoms with E-state index in [4.69, 9.17) is 0 Å². The van der Waals surface area contributed by atoms with Crippen molar-refractivity contribution in [2.24, 2.45) is 17.8 Å². The molecule has 3 heteroatoms. The van der Waals surface area contributed by atoms with E-state index >= 15 is 0 Å². The van der Waals surface area contributed by atoms with Crippen LogP contribution in [-0.2, 0) is 4.79 Å². The van der Waals surface area contributed by atoms with E-state index in [0.717, 1.165) is 19.6 Å². The first kappa shape index (κ1) is 14.5. The Hall–Kier alpha value is -0.570. The van der Waals surface area contributed by atoms with Crippen LogP contribution in [0.15, 0.2) is 0 Å². The second-order valence-corrected chi connectivity index (χ2v) is 5.37. The highest BCUT2D eigenvalue weighted by Crippen LogP contribution is 2.16. The first-order chi connectivity index (χ1) is 8.19. The highest BCUT2D eigenvalue weighted by molar-refractivity contribution is 5.78. The third kappa shape index (κ3) is 4.66. The quantitative estimate of drug-likeness (QED) is 0.683. The van der Waals surface area contributed by atoms with Gasteiger partial charge in [-0.25, -0.2) is 0 Å². The van der Waals surface area contributed by atoms with Crippen LogP contribution in [-0.4, -0.2) is 25.5 Å². The zero-order valence-electron chi connectivity index (χ0n) is 11.6. The fourth-order valence-electron chi connectivity index (χ4n) is 2.23. The summed E-state index contributed by atoms with van der Waals surface area (Å²) in [5.41, 5.74) is 0. The van der Waals surface area contributed by atoms with E-state index < -0.39 is 0 Å². The predicted octanol–water partition coefficient (Wildman–Crippen LogP) is 2.17. The van der Waals surface area contributed by atoms with Crippen molar-refractivity contribution in [1.82, 2.24) is 10.6 Å². The summed E-state index contributed by atoms with van der Waals surface area (Å²) >= 11 is 0. The molecule has 1 saturated heterocycles. The monoisotopic (exact) mass is 240 g/mol. The SMILES string of the molecule is CCCCC(CC)CNC(=O)C(C)C1CNC1. The Balaban J connectivity index is 2.20. The summed E-state index contributed by atoms with van der Waals surface area (Å²) in [5.74, 6) is 1.61. The molecule has 1 amide bonds. The van der Waals surface area contributed by atoms with Gasteiger partial charge in [-0.3, -0.25) is 4.79 Å². The third-order valence-electron chi connectivity index (χ3n) is 4.04. The zero-order chi connectivity index (χ0) is 12.7. The smallest absolute Gasteiger partial charge is 0.223 e. The summed E-state index contributed by atoms with van der Waals surface area (Å²) in [5, 5.41) is 6.35. The highest BCUT2D eigenvalue weighted by atomic mass is 16.1. The van der Waals surface area contributed by atoms with Crippen molar-refractivity contribution in [3.05, 3.63) is 0 Å². The van der Waals surface area contributed by atoms with Gasteiger partial charge in [0.1, 0.15) is 0 Å². The molecule has 1 heterocycles. The highest BCUT2D eigenvalue weighted by Gasteiger charge is 2.28. The van der Waals surface area contributed by atoms with Gasteiger partial charge in [0, 0.05) is 12.5 Å². The minimum Gasteiger partial charge on any atom is -0.356 e. The molecule has 0 spiro atoms. The fraction of sp³-hybridized carbons (Fsp3) is 0.929. The summed E-state index contributed by atoms with van der Waals surface area (Å²) in [6.07, 6.45) is 4.93. The zero-order valence-corrected chi connectivity index (χ0v) is 11.6. The molecule has 1 aliphatic heterocycles. The molecule has 1 rings (SSSR count). The Morgan fingerprint density at radius 3 is 2.59 bits per heavy atom. The molecule has 0 radical (unpaired) electrons. The van der Waals surface area contributed by atoms with Crippen molar-refractivity contribution >= 4 is 5.91 Å². The first-order valence-corrected chi connectivity index (χ1v) is 7.17. The molecular weight excluding hydrogens is 212 g/mol. The molecule has 17 heavy (non-hydrogen) atoms. The number of unbranched alkanes of at least 4 members (excludes halogenated alkanes) is 1. The van der Waals surface area contributed by atoms with Gasteiger partial charge < -0.3 is 10.6 Å². The maximum absolute atomic E-state index is 11.9. The van der Waals surface area contributed by atoms with Crippen molar-refractivity contribution in [3.63, 3.8) is 0 Å². The van der Waals surface area contributed by atoms with Crippen LogP contribution < -0.4 is 10.6 Å². The largest absolute Gasteiger partial charge is 0.356 e. The average Bonchev–Trinajstić information content (AvgIpc) is 2.26. The number of carbonyl (C=O) groups is 1. The van der Waals surface area contributed by atoms with Crippen LogP contribution in [0.1, 0.15) is 46.5 Å². The van der Waals surface area contributed by atoms with Crippen LogP contribution in [0.5, 0.6) is 0 Å². The van der Waals surface area contributed by atoms with Gasteiger partial charge in [0.15, 0.2) is 0 Å². The van der Waals surface area contributed by atoms with E-state index in [2.05, 4.69) is 24.5 Å². The van der Waals surface area contributed by atoms with Crippen molar-refractivity contribution in [2.75, 3.05) is 19.6 Å². The molecule has 2 atom stereocenters. The molecule has 3 nitrogen and oxygen atoms in total. The molecule has 2 unspecified atom stereocenters. The molecule has 0 aromatic rings. The van der Waals surface area contributed by atoms with Crippen LogP contribution in [0.3, 0.4) is 0 Å². The predicted molar refractivity (Wildman–Crippen MR) is 71.8 cm³/mol. The lowest BCUT2D eigenvalue weighted by Crippen LogP contribution is -2.50. The minimum atomic E-state index is 0.167. The summed E-state index contributed by atoms with van der Waals surface area (Å²) in [6, 6.07) is 0. The second-order valence-electron chi connectivity index (χ2n) is 5.37. The minimum absolute atomic E-state index is 0.167. The number of nitrogens with one attached hydrogen (secondary N) is 2. The Bertz CT molecular complexity index is 226. The van der Waals surface area contributed by atoms with Crippen LogP contribution in [0, 0.1) is 17.8 Å². The van der Waals surface area contributed by atoms with Crippen LogP contribution >= 0.6 is 0 Å². The summed E-state index contributed by atoms with van der Waals surface area (Å²) in [6.45, 7) is 9.35. The van der Waals surface area contributed by atoms with Gasteiger partial charge in [-0.05, 0) is 31.3 Å². The molecule has 0 bridgehead atoms. The molecule has 0 aliphatic carbocycles. The number of rotatable bonds is 8. The first-order valence-electron chi connectivity index (χ1n) is 7.17. The Morgan fingerprint density at radius 1 is 1.41 bits per heavy atom. The molecule has 1 aliphatic rings. The van der Waals surface area contributed by atoms with Crippen LogP contribution in [0.25, 0.3) is 0 Å². The second kappa shape index (κ2) is 7.70. The van der Waals surface area contributed by atoms with Gasteiger partial charge in [0.2, 0.25) is 5.91 Å². The van der Waals surface area contributed by atoms with Crippen molar-refractivity contribution in [2.45, 2.75) is 46.5 Å². The van der Waals surface area contributed by atoms with Gasteiger partial charge in [0.05, 0.1) is 0 Å². The molecule has 100 valence electrons. The van der Waals surface area contributed by atoms with Crippen LogP contribution in [0.4, 0.5) is 0 Å². The van der Waals surface area contributed by atoms with Crippen molar-refractivity contribution < 1.29 is 4.79 Å². The number of hydrogen-bond acceptors (Lipinski definition) is 2. The summed E-state index contributed by atoms with van der Waals surface area (Å²) in [7, 11) is 0. The fourth-order valence-corrected chi connectivity index (χ4v) is 2.23. The van der Waals surface area contributed by atoms with Crippen LogP contribution in [0.2, 0.25) is 0 Å². The Morgan fingerprint density at radius 2 is 2.12 bits per heavy atom. The van der Waals surface area contributed by atoms with E-state index in [9.17, 15) is 4.79 Å². The molecule has 2 N–H and O–H groups in total. The van der Waals surface area contributed by atoms with E-state index in [0.29, 0.717) is 11.8 Å². The van der Waals surface area contributed by atoms with Gasteiger partial charge >= 0.3 is 0 Å². The average molecular weight is 240 g/mol. The maximum atomic E-state index is 11.9. The molecule has 0 aromatic carbocycles. The van der Waals surface area contributed by atoms with E-state index in [1.54, 1.807) is 0 Å². The van der Waals surface area contributed by atoms with Gasteiger partial charge in [0.25, 0.3) is 0 Å². The lowest BCUT2D eigenvalue weighted by Gasteiger charge is -2.32. The summed E-state index contributed by atoms with van der Waals surface area (Å²) < 4.78 is 0. The van der Waals surface area contributed by atoms with Crippen molar-refractivity contribution in [3.8, 4) is 0 Å². The van der Waals surface area contributed by atoms with E-state index in [1.165, 1.54) is 25.7 Å². The number of amides is 1. The van der Waals surface area contributed by atoms with Gasteiger partial charge in [-0.1, -0.05) is 40.0 Å². The number of carbonyl (C=O) groups excluding carboxylic acids is 1. The summed E-state index contributed by atoms with van der Waals surface area (Å²) in [4.78, 5) is 11.9. The normalized spacial score (nSPS) is 19.5. The Kier molecular flexibility index (Phi) is 6.56. The van der Waals surface area contributed by atoms with Crippen molar-refractivity contribution in [1.29, 1.82) is 0 Å². The lowest BCUT2D eigenvalue weighted by molar-refractivity contribution is -0.126. The standard InChI is InChI=1S/C14H28N2O/c1-4-6-7-12(5-2)8-16-14(17)11(3)13-9-15-10-13/h11-13,15H,4-10H2,1-3H3,(H,16,17). The maximum Gasteiger partial charge on any atom is 0.223 e. The Labute approximate surface area is 106 Å². The molecular formula is C14H28N2O. The third-order valence-corrected chi connectivity index (χ3v) is 4.04. The van der Waals surface area contributed by atoms with Gasteiger partial charge in [-0.2, -0.15) is 0 Å². The topological polar surface area (TPSA) is 41.1 Å². The molecule has 1 fully saturated rings. The molecule has 0 saturated carbocycles. The lowest BCUT2D eigenvalue weighted by atomic mass is 9.88. The van der Waals surface area contributed by atoms with Gasteiger partial charge in [-0.15, -0.1) is 0 Å². The van der Waals surface area contributed by atoms with E-state index in [1.807, 2.05) is 6.92 Å². The van der Waals surface area contributed by atoms with E-state index in [-0.39, 0.29) is 11.8 Å². The number of hydrogen-bond donors (Lipinski definition) is 2. The molecule has 0 aromatic heterocycles.